The molecule has 1 saturated carbocycles. The van der Waals surface area contributed by atoms with E-state index in [9.17, 15) is 4.79 Å². The van der Waals surface area contributed by atoms with Crippen LogP contribution in [0.5, 0.6) is 5.75 Å². The van der Waals surface area contributed by atoms with Gasteiger partial charge in [0, 0.05) is 5.56 Å². The lowest BCUT2D eigenvalue weighted by Gasteiger charge is -2.29. The highest BCUT2D eigenvalue weighted by molar-refractivity contribution is 7.80. The van der Waals surface area contributed by atoms with Crippen LogP contribution in [0, 0.1) is 0 Å². The summed E-state index contributed by atoms with van der Waals surface area (Å²) < 4.78 is 5.56. The molecule has 1 amide bonds. The van der Waals surface area contributed by atoms with Crippen LogP contribution in [-0.2, 0) is 0 Å². The molecule has 0 aliphatic heterocycles. The van der Waals surface area contributed by atoms with Gasteiger partial charge in [0.25, 0.3) is 5.91 Å². The number of ether oxygens (including phenoxy) is 1. The van der Waals surface area contributed by atoms with Crippen LogP contribution in [0.25, 0.3) is 0 Å². The van der Waals surface area contributed by atoms with Gasteiger partial charge in [-0.25, -0.2) is 0 Å². The van der Waals surface area contributed by atoms with Crippen LogP contribution in [0.1, 0.15) is 49.4 Å². The van der Waals surface area contributed by atoms with E-state index in [0.29, 0.717) is 22.9 Å². The van der Waals surface area contributed by atoms with Crippen molar-refractivity contribution in [1.29, 1.82) is 0 Å². The molecule has 5 heteroatoms. The van der Waals surface area contributed by atoms with Gasteiger partial charge >= 0.3 is 0 Å². The molecule has 0 heterocycles. The minimum atomic E-state index is -0.521. The van der Waals surface area contributed by atoms with Crippen LogP contribution in [0.2, 0.25) is 0 Å². The monoisotopic (exact) mass is 306 g/mol. The number of hydrogen-bond donors (Lipinski definition) is 2. The molecule has 3 N–H and O–H groups in total. The molecule has 1 aromatic carbocycles. The standard InChI is InChI=1S/C16H22N2O2S/c1-2-10-20-13-7-5-6-12(11-13)14(19)18-16(15(17)21)8-3-4-9-16/h5-7,11H,2-4,8-10H2,1H3,(H2,17,21)(H,18,19). The fourth-order valence-corrected chi connectivity index (χ4v) is 2.90. The highest BCUT2D eigenvalue weighted by Gasteiger charge is 2.38. The van der Waals surface area contributed by atoms with Crippen molar-refractivity contribution in [2.24, 2.45) is 5.73 Å². The van der Waals surface area contributed by atoms with E-state index in [4.69, 9.17) is 22.7 Å². The number of rotatable bonds is 6. The van der Waals surface area contributed by atoms with Crippen molar-refractivity contribution in [1.82, 2.24) is 5.32 Å². The van der Waals surface area contributed by atoms with Gasteiger partial charge in [0.2, 0.25) is 0 Å². The Morgan fingerprint density at radius 2 is 2.14 bits per heavy atom. The zero-order valence-electron chi connectivity index (χ0n) is 12.4. The molecule has 1 aliphatic carbocycles. The molecule has 1 aromatic rings. The summed E-state index contributed by atoms with van der Waals surface area (Å²) in [6.45, 7) is 2.69. The van der Waals surface area contributed by atoms with Crippen LogP contribution >= 0.6 is 12.2 Å². The topological polar surface area (TPSA) is 64.3 Å². The molecular formula is C16H22N2O2S. The number of carbonyl (C=O) groups is 1. The number of carbonyl (C=O) groups excluding carboxylic acids is 1. The van der Waals surface area contributed by atoms with E-state index in [1.807, 2.05) is 19.1 Å². The lowest BCUT2D eigenvalue weighted by molar-refractivity contribution is 0.0924. The van der Waals surface area contributed by atoms with Crippen LogP contribution in [-0.4, -0.2) is 23.0 Å². The predicted octanol–water partition coefficient (Wildman–Crippen LogP) is 2.80. The normalized spacial score (nSPS) is 16.4. The first-order chi connectivity index (χ1) is 10.1. The molecule has 0 atom stereocenters. The average Bonchev–Trinajstić information content (AvgIpc) is 2.95. The van der Waals surface area contributed by atoms with E-state index >= 15 is 0 Å². The fourth-order valence-electron chi connectivity index (χ4n) is 2.65. The van der Waals surface area contributed by atoms with E-state index in [1.54, 1.807) is 12.1 Å². The van der Waals surface area contributed by atoms with Crippen molar-refractivity contribution in [3.05, 3.63) is 29.8 Å². The Hall–Kier alpha value is -1.62. The molecule has 0 spiro atoms. The van der Waals surface area contributed by atoms with Gasteiger partial charge in [-0.2, -0.15) is 0 Å². The Morgan fingerprint density at radius 1 is 1.43 bits per heavy atom. The molecule has 4 nitrogen and oxygen atoms in total. The molecule has 0 unspecified atom stereocenters. The van der Waals surface area contributed by atoms with E-state index < -0.39 is 5.54 Å². The Kier molecular flexibility index (Phi) is 5.17. The van der Waals surface area contributed by atoms with Crippen molar-refractivity contribution in [3.63, 3.8) is 0 Å². The highest BCUT2D eigenvalue weighted by atomic mass is 32.1. The third-order valence-electron chi connectivity index (χ3n) is 3.85. The van der Waals surface area contributed by atoms with E-state index in [-0.39, 0.29) is 5.91 Å². The lowest BCUT2D eigenvalue weighted by Crippen LogP contribution is -2.54. The minimum absolute atomic E-state index is 0.147. The zero-order chi connectivity index (χ0) is 15.3. The van der Waals surface area contributed by atoms with Crippen molar-refractivity contribution < 1.29 is 9.53 Å². The Balaban J connectivity index is 2.10. The summed E-state index contributed by atoms with van der Waals surface area (Å²) in [5.74, 6) is 0.562. The SMILES string of the molecule is CCCOc1cccc(C(=O)NC2(C(N)=S)CCCC2)c1. The number of benzene rings is 1. The van der Waals surface area contributed by atoms with Crippen LogP contribution < -0.4 is 15.8 Å². The van der Waals surface area contributed by atoms with Gasteiger partial charge in [-0.1, -0.05) is 38.0 Å². The van der Waals surface area contributed by atoms with E-state index in [1.165, 1.54) is 0 Å². The van der Waals surface area contributed by atoms with Gasteiger partial charge < -0.3 is 15.8 Å². The maximum absolute atomic E-state index is 12.5. The maximum Gasteiger partial charge on any atom is 0.252 e. The molecule has 0 saturated heterocycles. The first-order valence-electron chi connectivity index (χ1n) is 7.43. The number of hydrogen-bond acceptors (Lipinski definition) is 3. The Morgan fingerprint density at radius 3 is 2.76 bits per heavy atom. The second-order valence-electron chi connectivity index (χ2n) is 5.48. The Bertz CT molecular complexity index is 525. The summed E-state index contributed by atoms with van der Waals surface area (Å²) in [4.78, 5) is 12.8. The fraction of sp³-hybridized carbons (Fsp3) is 0.500. The molecule has 1 aliphatic rings. The van der Waals surface area contributed by atoms with Crippen LogP contribution in [0.3, 0.4) is 0 Å². The summed E-state index contributed by atoms with van der Waals surface area (Å²) in [5.41, 5.74) is 5.90. The Labute approximate surface area is 131 Å². The van der Waals surface area contributed by atoms with Gasteiger partial charge in [-0.15, -0.1) is 0 Å². The second kappa shape index (κ2) is 6.89. The van der Waals surface area contributed by atoms with Gasteiger partial charge in [0.1, 0.15) is 5.75 Å². The summed E-state index contributed by atoms with van der Waals surface area (Å²) in [7, 11) is 0. The zero-order valence-corrected chi connectivity index (χ0v) is 13.2. The lowest BCUT2D eigenvalue weighted by atomic mass is 9.97. The van der Waals surface area contributed by atoms with Crippen LogP contribution in [0.4, 0.5) is 0 Å². The number of nitrogens with one attached hydrogen (secondary N) is 1. The quantitative estimate of drug-likeness (QED) is 0.793. The molecular weight excluding hydrogens is 284 g/mol. The summed E-state index contributed by atoms with van der Waals surface area (Å²) >= 11 is 5.16. The molecule has 21 heavy (non-hydrogen) atoms. The van der Waals surface area contributed by atoms with Crippen molar-refractivity contribution >= 4 is 23.1 Å². The summed E-state index contributed by atoms with van der Waals surface area (Å²) in [6.07, 6.45) is 4.65. The minimum Gasteiger partial charge on any atom is -0.494 e. The van der Waals surface area contributed by atoms with Gasteiger partial charge in [-0.05, 0) is 37.5 Å². The second-order valence-corrected chi connectivity index (χ2v) is 5.92. The number of amides is 1. The van der Waals surface area contributed by atoms with Crippen molar-refractivity contribution in [2.75, 3.05) is 6.61 Å². The molecule has 0 aromatic heterocycles. The van der Waals surface area contributed by atoms with Gasteiger partial charge in [0.05, 0.1) is 17.1 Å². The summed E-state index contributed by atoms with van der Waals surface area (Å²) in [5, 5.41) is 3.03. The smallest absolute Gasteiger partial charge is 0.252 e. The van der Waals surface area contributed by atoms with Gasteiger partial charge in [-0.3, -0.25) is 4.79 Å². The first-order valence-corrected chi connectivity index (χ1v) is 7.83. The maximum atomic E-state index is 12.5. The largest absolute Gasteiger partial charge is 0.494 e. The molecule has 114 valence electrons. The highest BCUT2D eigenvalue weighted by Crippen LogP contribution is 2.30. The van der Waals surface area contributed by atoms with E-state index in [2.05, 4.69) is 5.32 Å². The molecule has 1 fully saturated rings. The van der Waals surface area contributed by atoms with Gasteiger partial charge in [0.15, 0.2) is 0 Å². The van der Waals surface area contributed by atoms with E-state index in [0.717, 1.165) is 32.1 Å². The number of nitrogens with two attached hydrogens (primary N) is 1. The summed E-state index contributed by atoms with van der Waals surface area (Å²) in [6, 6.07) is 7.21. The average molecular weight is 306 g/mol. The third kappa shape index (κ3) is 3.73. The molecule has 2 rings (SSSR count). The number of thiocarbonyl (C=S) groups is 1. The predicted molar refractivity (Wildman–Crippen MR) is 87.7 cm³/mol. The van der Waals surface area contributed by atoms with Crippen molar-refractivity contribution in [2.45, 2.75) is 44.6 Å². The molecule has 0 bridgehead atoms. The molecule has 0 radical (unpaired) electrons. The van der Waals surface area contributed by atoms with Crippen LogP contribution in [0.15, 0.2) is 24.3 Å². The first kappa shape index (κ1) is 15.8. The third-order valence-corrected chi connectivity index (χ3v) is 4.24. The van der Waals surface area contributed by atoms with Crippen molar-refractivity contribution in [3.8, 4) is 5.75 Å².